The second kappa shape index (κ2) is 4.97. The first kappa shape index (κ1) is 10.2. The molecule has 0 spiro atoms. The molecular formula is H11AlO4Si4. The fourth-order valence-corrected chi connectivity index (χ4v) is 13.5. The summed E-state index contributed by atoms with van der Waals surface area (Å²) in [4.78, 5) is 0. The molecule has 0 aromatic carbocycles. The highest BCUT2D eigenvalue weighted by Crippen LogP contribution is 2.02. The summed E-state index contributed by atoms with van der Waals surface area (Å²) in [6.07, 6.45) is 0. The molecule has 0 aliphatic carbocycles. The molecule has 0 N–H and O–H groups in total. The van der Waals surface area contributed by atoms with Crippen LogP contribution in [0.5, 0.6) is 0 Å². The molecule has 54 valence electrons. The van der Waals surface area contributed by atoms with Crippen molar-refractivity contribution in [2.24, 2.45) is 0 Å². The van der Waals surface area contributed by atoms with Gasteiger partial charge in [-0.2, -0.15) is 0 Å². The van der Waals surface area contributed by atoms with E-state index < -0.39 is 9.05 Å². The first-order valence-electron chi connectivity index (χ1n) is 2.45. The Bertz CT molecular complexity index is 55.5. The van der Waals surface area contributed by atoms with Crippen molar-refractivity contribution in [3.8, 4) is 0 Å². The van der Waals surface area contributed by atoms with E-state index in [0.717, 1.165) is 0 Å². The molecule has 0 radical (unpaired) electrons. The number of hydrogen-bond acceptors (Lipinski definition) is 4. The van der Waals surface area contributed by atoms with E-state index in [4.69, 9.17) is 15.8 Å². The van der Waals surface area contributed by atoms with Crippen LogP contribution in [0.2, 0.25) is 0 Å². The summed E-state index contributed by atoms with van der Waals surface area (Å²) in [5, 5.41) is 0. The van der Waals surface area contributed by atoms with E-state index in [1.54, 1.807) is 0 Å². The molecule has 9 heavy (non-hydrogen) atoms. The summed E-state index contributed by atoms with van der Waals surface area (Å²) in [6, 6.07) is 0. The molecule has 0 rings (SSSR count). The molecule has 0 bridgehead atoms. The SMILES string of the molecule is [AlH2][O][Si](O[SiH3])(O[SiH3])O[SiH3]. The third kappa shape index (κ3) is 2.76. The maximum Gasteiger partial charge on any atom is 0.615 e. The smallest absolute Gasteiger partial charge is 0.488 e. The summed E-state index contributed by atoms with van der Waals surface area (Å²) < 4.78 is 20.4. The van der Waals surface area contributed by atoms with Crippen LogP contribution >= 0.6 is 0 Å². The summed E-state index contributed by atoms with van der Waals surface area (Å²) in [7, 11) is -0.559. The predicted octanol–water partition coefficient (Wildman–Crippen LogP) is -5.12. The van der Waals surface area contributed by atoms with Crippen LogP contribution in [0.3, 0.4) is 0 Å². The Balaban J connectivity index is 3.82. The average Bonchev–Trinajstić information content (AvgIpc) is 1.95. The Morgan fingerprint density at radius 3 is 1.33 bits per heavy atom. The molecule has 9 heteroatoms. The van der Waals surface area contributed by atoms with Gasteiger partial charge in [-0.3, -0.25) is 0 Å². The zero-order chi connectivity index (χ0) is 7.33. The Hall–Kier alpha value is 1.24. The molecule has 0 amide bonds. The fraction of sp³-hybridized carbons (Fsp3) is 0. The lowest BCUT2D eigenvalue weighted by Crippen LogP contribution is -2.46. The van der Waals surface area contributed by atoms with Gasteiger partial charge in [-0.05, 0) is 0 Å². The Kier molecular flexibility index (Phi) is 5.65. The van der Waals surface area contributed by atoms with Crippen molar-refractivity contribution >= 4 is 57.1 Å². The maximum absolute atomic E-state index is 5.10. The van der Waals surface area contributed by atoms with Gasteiger partial charge in [0.25, 0.3) is 0 Å². The Morgan fingerprint density at radius 2 is 1.33 bits per heavy atom. The molecule has 0 aromatic rings. The molecule has 0 saturated heterocycles. The van der Waals surface area contributed by atoms with Crippen LogP contribution in [-0.4, -0.2) is 57.1 Å². The summed E-state index contributed by atoms with van der Waals surface area (Å²) in [5.74, 6) is 0. The van der Waals surface area contributed by atoms with Crippen molar-refractivity contribution in [3.05, 3.63) is 0 Å². The Morgan fingerprint density at radius 1 is 1.00 bits per heavy atom. The maximum atomic E-state index is 5.10. The van der Waals surface area contributed by atoms with Crippen molar-refractivity contribution < 1.29 is 15.8 Å². The van der Waals surface area contributed by atoms with Crippen LogP contribution in [0, 0.1) is 0 Å². The number of rotatable bonds is 4. The van der Waals surface area contributed by atoms with Crippen LogP contribution < -0.4 is 0 Å². The molecule has 0 heterocycles. The van der Waals surface area contributed by atoms with E-state index in [0.29, 0.717) is 48.1 Å². The van der Waals surface area contributed by atoms with Gasteiger partial charge in [-0.25, -0.2) is 0 Å². The van der Waals surface area contributed by atoms with Gasteiger partial charge in [0.05, 0.1) is 0 Å². The quantitative estimate of drug-likeness (QED) is 0.439. The largest absolute Gasteiger partial charge is 0.615 e. The van der Waals surface area contributed by atoms with Crippen LogP contribution in [-0.2, 0) is 15.8 Å². The topological polar surface area (TPSA) is 36.9 Å². The minimum atomic E-state index is -2.44. The fourth-order valence-electron chi connectivity index (χ4n) is 0.500. The minimum Gasteiger partial charge on any atom is -0.488 e. The first-order chi connectivity index (χ1) is 4.24. The van der Waals surface area contributed by atoms with E-state index in [1.807, 2.05) is 0 Å². The van der Waals surface area contributed by atoms with Crippen LogP contribution in [0.25, 0.3) is 0 Å². The zero-order valence-corrected chi connectivity index (χ0v) is 15.1. The van der Waals surface area contributed by atoms with Crippen molar-refractivity contribution in [3.63, 3.8) is 0 Å². The second-order valence-electron chi connectivity index (χ2n) is 1.32. The van der Waals surface area contributed by atoms with Gasteiger partial charge >= 0.3 is 25.7 Å². The molecule has 0 unspecified atom stereocenters. The highest BCUT2D eigenvalue weighted by molar-refractivity contribution is 6.66. The van der Waals surface area contributed by atoms with Gasteiger partial charge in [0.1, 0.15) is 31.5 Å². The lowest BCUT2D eigenvalue weighted by Gasteiger charge is -2.24. The van der Waals surface area contributed by atoms with E-state index in [1.165, 1.54) is 0 Å². The molecule has 0 atom stereocenters. The van der Waals surface area contributed by atoms with Gasteiger partial charge in [0, 0.05) is 0 Å². The van der Waals surface area contributed by atoms with E-state index in [-0.39, 0.29) is 0 Å². The highest BCUT2D eigenvalue weighted by atomic mass is 28.5. The lowest BCUT2D eigenvalue weighted by atomic mass is 15.6. The Labute approximate surface area is 73.1 Å². The summed E-state index contributed by atoms with van der Waals surface area (Å²) >= 11 is 0.628. The summed E-state index contributed by atoms with van der Waals surface area (Å²) in [5.41, 5.74) is 0. The standard InChI is InChI=1S/Al.H9O4Si4.2H/c;1-8(2-5,3-6)4-7;;/h;5-7H3;;/q+1;-1;;. The van der Waals surface area contributed by atoms with Gasteiger partial charge in [0.15, 0.2) is 0 Å². The molecule has 0 aliphatic rings. The van der Waals surface area contributed by atoms with E-state index in [2.05, 4.69) is 0 Å². The molecule has 0 aromatic heterocycles. The van der Waals surface area contributed by atoms with Crippen molar-refractivity contribution in [2.75, 3.05) is 0 Å². The second-order valence-corrected chi connectivity index (χ2v) is 8.85. The third-order valence-electron chi connectivity index (χ3n) is 1.00. The summed E-state index contributed by atoms with van der Waals surface area (Å²) in [6.45, 7) is 0. The molecule has 0 saturated carbocycles. The average molecular weight is 214 g/mol. The van der Waals surface area contributed by atoms with Crippen molar-refractivity contribution in [1.29, 1.82) is 0 Å². The van der Waals surface area contributed by atoms with Gasteiger partial charge < -0.3 is 15.8 Å². The normalized spacial score (nSPS) is 18.2. The van der Waals surface area contributed by atoms with Crippen LogP contribution in [0.15, 0.2) is 0 Å². The lowest BCUT2D eigenvalue weighted by molar-refractivity contribution is 0.189. The molecule has 0 aliphatic heterocycles. The van der Waals surface area contributed by atoms with Gasteiger partial charge in [-0.1, -0.05) is 0 Å². The van der Waals surface area contributed by atoms with Gasteiger partial charge in [0.2, 0.25) is 0 Å². The monoisotopic (exact) mass is 214 g/mol. The molecule has 0 fully saturated rings. The molecule has 4 nitrogen and oxygen atoms in total. The van der Waals surface area contributed by atoms with Crippen LogP contribution in [0.4, 0.5) is 0 Å². The first-order valence-corrected chi connectivity index (χ1v) is 7.35. The third-order valence-corrected chi connectivity index (χ3v) is 9.00. The van der Waals surface area contributed by atoms with Crippen molar-refractivity contribution in [2.45, 2.75) is 0 Å². The minimum absolute atomic E-state index is 0.628. The van der Waals surface area contributed by atoms with Crippen LogP contribution in [0.1, 0.15) is 0 Å². The van der Waals surface area contributed by atoms with Crippen molar-refractivity contribution in [1.82, 2.24) is 0 Å². The van der Waals surface area contributed by atoms with E-state index in [9.17, 15) is 0 Å². The highest BCUT2D eigenvalue weighted by Gasteiger charge is 2.35. The van der Waals surface area contributed by atoms with E-state index >= 15 is 0 Å². The van der Waals surface area contributed by atoms with Gasteiger partial charge in [-0.15, -0.1) is 0 Å². The number of hydrogen-bond donors (Lipinski definition) is 0. The molecular weight excluding hydrogens is 203 g/mol. The zero-order valence-electron chi connectivity index (χ0n) is 6.13. The predicted molar refractivity (Wildman–Crippen MR) is 48.5 cm³/mol.